The second kappa shape index (κ2) is 7.21. The van der Waals surface area contributed by atoms with E-state index in [0.29, 0.717) is 21.9 Å². The largest absolute Gasteiger partial charge is 0.494 e. The van der Waals surface area contributed by atoms with E-state index in [4.69, 9.17) is 4.74 Å². The fraction of sp³-hybridized carbons (Fsp3) is 0.286. The predicted molar refractivity (Wildman–Crippen MR) is 84.7 cm³/mol. The Morgan fingerprint density at radius 3 is 2.90 bits per heavy atom. The van der Waals surface area contributed by atoms with E-state index < -0.39 is 5.82 Å². The first-order chi connectivity index (χ1) is 10.1. The molecule has 0 spiro atoms. The molecule has 2 aromatic rings. The second-order valence-electron chi connectivity index (χ2n) is 4.29. The molecule has 1 aromatic carbocycles. The highest BCUT2D eigenvalue weighted by atomic mass is 79.9. The molecule has 0 fully saturated rings. The van der Waals surface area contributed by atoms with E-state index in [1.165, 1.54) is 13.2 Å². The molecule has 5 nitrogen and oxygen atoms in total. The Bertz CT molecular complexity index is 624. The summed E-state index contributed by atoms with van der Waals surface area (Å²) in [6, 6.07) is 4.53. The number of anilines is 3. The Morgan fingerprint density at radius 1 is 1.38 bits per heavy atom. The number of rotatable bonds is 6. The van der Waals surface area contributed by atoms with Gasteiger partial charge in [0, 0.05) is 24.5 Å². The molecule has 1 heterocycles. The van der Waals surface area contributed by atoms with Crippen molar-refractivity contribution in [3.8, 4) is 5.75 Å². The zero-order valence-electron chi connectivity index (χ0n) is 11.8. The lowest BCUT2D eigenvalue weighted by molar-refractivity contribution is 0.387. The molecule has 0 saturated heterocycles. The first-order valence-corrected chi connectivity index (χ1v) is 7.30. The highest BCUT2D eigenvalue weighted by molar-refractivity contribution is 9.10. The van der Waals surface area contributed by atoms with Gasteiger partial charge in [-0.3, -0.25) is 0 Å². The third-order valence-corrected chi connectivity index (χ3v) is 3.27. The standard InChI is InChI=1S/C14H16BrFN4O/c1-3-6-17-14-18-8-10(15)13(20-14)19-9-4-5-11(16)12(7-9)21-2/h4-5,7-8H,3,6H2,1-2H3,(H2,17,18,19,20). The molecule has 0 aliphatic carbocycles. The van der Waals surface area contributed by atoms with Crippen molar-refractivity contribution in [2.45, 2.75) is 13.3 Å². The Hall–Kier alpha value is -1.89. The lowest BCUT2D eigenvalue weighted by Gasteiger charge is -2.11. The molecule has 2 N–H and O–H groups in total. The quantitative estimate of drug-likeness (QED) is 0.822. The van der Waals surface area contributed by atoms with E-state index in [2.05, 4.69) is 43.5 Å². The molecule has 0 saturated carbocycles. The number of benzene rings is 1. The topological polar surface area (TPSA) is 59.1 Å². The summed E-state index contributed by atoms with van der Waals surface area (Å²) in [6.45, 7) is 2.86. The lowest BCUT2D eigenvalue weighted by Crippen LogP contribution is -2.06. The zero-order valence-corrected chi connectivity index (χ0v) is 13.4. The molecule has 0 aliphatic heterocycles. The molecule has 0 atom stereocenters. The molecular weight excluding hydrogens is 339 g/mol. The fourth-order valence-corrected chi connectivity index (χ4v) is 1.94. The number of methoxy groups -OCH3 is 1. The van der Waals surface area contributed by atoms with Gasteiger partial charge in [0.15, 0.2) is 11.6 Å². The van der Waals surface area contributed by atoms with E-state index in [0.717, 1.165) is 13.0 Å². The van der Waals surface area contributed by atoms with Crippen LogP contribution in [0.5, 0.6) is 5.75 Å². The summed E-state index contributed by atoms with van der Waals surface area (Å²) < 4.78 is 19.1. The van der Waals surface area contributed by atoms with Crippen LogP contribution >= 0.6 is 15.9 Å². The molecule has 0 unspecified atom stereocenters. The Morgan fingerprint density at radius 2 is 2.19 bits per heavy atom. The molecule has 21 heavy (non-hydrogen) atoms. The summed E-state index contributed by atoms with van der Waals surface area (Å²) in [4.78, 5) is 8.54. The summed E-state index contributed by atoms with van der Waals surface area (Å²) in [7, 11) is 1.43. The van der Waals surface area contributed by atoms with E-state index in [1.807, 2.05) is 0 Å². The minimum Gasteiger partial charge on any atom is -0.494 e. The monoisotopic (exact) mass is 354 g/mol. The number of ether oxygens (including phenoxy) is 1. The number of hydrogen-bond donors (Lipinski definition) is 2. The molecule has 0 aliphatic rings. The van der Waals surface area contributed by atoms with Crippen molar-refractivity contribution in [3.05, 3.63) is 34.7 Å². The Labute approximate surface area is 131 Å². The van der Waals surface area contributed by atoms with Crippen molar-refractivity contribution in [1.82, 2.24) is 9.97 Å². The number of halogens is 2. The maximum atomic E-state index is 13.4. The van der Waals surface area contributed by atoms with Gasteiger partial charge >= 0.3 is 0 Å². The van der Waals surface area contributed by atoms with Gasteiger partial charge in [-0.15, -0.1) is 0 Å². The summed E-state index contributed by atoms with van der Waals surface area (Å²) in [5.41, 5.74) is 0.675. The van der Waals surface area contributed by atoms with Crippen LogP contribution < -0.4 is 15.4 Å². The smallest absolute Gasteiger partial charge is 0.224 e. The predicted octanol–water partition coefficient (Wildman–Crippen LogP) is 3.95. The van der Waals surface area contributed by atoms with Crippen LogP contribution in [0.4, 0.5) is 21.8 Å². The van der Waals surface area contributed by atoms with Crippen molar-refractivity contribution in [2.75, 3.05) is 24.3 Å². The number of nitrogens with zero attached hydrogens (tertiary/aromatic N) is 2. The maximum absolute atomic E-state index is 13.4. The first kappa shape index (κ1) is 15.5. The minimum absolute atomic E-state index is 0.175. The van der Waals surface area contributed by atoms with Gasteiger partial charge in [-0.2, -0.15) is 4.98 Å². The zero-order chi connectivity index (χ0) is 15.2. The van der Waals surface area contributed by atoms with Gasteiger partial charge in [-0.25, -0.2) is 9.37 Å². The molecule has 1 aromatic heterocycles. The van der Waals surface area contributed by atoms with Crippen molar-refractivity contribution in [3.63, 3.8) is 0 Å². The molecule has 2 rings (SSSR count). The molecule has 0 bridgehead atoms. The third kappa shape index (κ3) is 4.04. The number of nitrogens with one attached hydrogen (secondary N) is 2. The molecule has 112 valence electrons. The molecular formula is C14H16BrFN4O. The van der Waals surface area contributed by atoms with Crippen molar-refractivity contribution >= 4 is 33.4 Å². The van der Waals surface area contributed by atoms with E-state index in [9.17, 15) is 4.39 Å². The fourth-order valence-electron chi connectivity index (χ4n) is 1.65. The Kier molecular flexibility index (Phi) is 5.32. The second-order valence-corrected chi connectivity index (χ2v) is 5.15. The average Bonchev–Trinajstić information content (AvgIpc) is 2.50. The maximum Gasteiger partial charge on any atom is 0.224 e. The van der Waals surface area contributed by atoms with Crippen LogP contribution in [-0.4, -0.2) is 23.6 Å². The van der Waals surface area contributed by atoms with Gasteiger partial charge in [0.1, 0.15) is 5.82 Å². The summed E-state index contributed by atoms with van der Waals surface area (Å²) >= 11 is 3.39. The van der Waals surface area contributed by atoms with E-state index in [-0.39, 0.29) is 5.75 Å². The van der Waals surface area contributed by atoms with Gasteiger partial charge in [0.05, 0.1) is 11.6 Å². The third-order valence-electron chi connectivity index (χ3n) is 2.69. The van der Waals surface area contributed by atoms with E-state index >= 15 is 0 Å². The normalized spacial score (nSPS) is 10.3. The average molecular weight is 355 g/mol. The summed E-state index contributed by atoms with van der Waals surface area (Å²) in [5, 5.41) is 6.22. The van der Waals surface area contributed by atoms with Crippen LogP contribution in [0.3, 0.4) is 0 Å². The highest BCUT2D eigenvalue weighted by Crippen LogP contribution is 2.27. The molecule has 0 radical (unpaired) electrons. The van der Waals surface area contributed by atoms with Crippen LogP contribution in [0.2, 0.25) is 0 Å². The van der Waals surface area contributed by atoms with Gasteiger partial charge in [0.2, 0.25) is 5.95 Å². The lowest BCUT2D eigenvalue weighted by atomic mass is 10.3. The molecule has 0 amide bonds. The van der Waals surface area contributed by atoms with Crippen LogP contribution in [0, 0.1) is 5.82 Å². The van der Waals surface area contributed by atoms with E-state index in [1.54, 1.807) is 18.3 Å². The van der Waals surface area contributed by atoms with Crippen molar-refractivity contribution in [1.29, 1.82) is 0 Å². The minimum atomic E-state index is -0.407. The summed E-state index contributed by atoms with van der Waals surface area (Å²) in [6.07, 6.45) is 2.64. The van der Waals surface area contributed by atoms with Gasteiger partial charge in [-0.1, -0.05) is 6.92 Å². The van der Waals surface area contributed by atoms with Crippen LogP contribution in [0.25, 0.3) is 0 Å². The van der Waals surface area contributed by atoms with Crippen LogP contribution in [-0.2, 0) is 0 Å². The van der Waals surface area contributed by atoms with Crippen LogP contribution in [0.15, 0.2) is 28.9 Å². The van der Waals surface area contributed by atoms with Crippen molar-refractivity contribution in [2.24, 2.45) is 0 Å². The first-order valence-electron chi connectivity index (χ1n) is 6.51. The Balaban J connectivity index is 2.22. The van der Waals surface area contributed by atoms with Gasteiger partial charge < -0.3 is 15.4 Å². The highest BCUT2D eigenvalue weighted by Gasteiger charge is 2.08. The number of hydrogen-bond acceptors (Lipinski definition) is 5. The van der Waals surface area contributed by atoms with Gasteiger partial charge in [0.25, 0.3) is 0 Å². The summed E-state index contributed by atoms with van der Waals surface area (Å²) in [5.74, 6) is 0.901. The van der Waals surface area contributed by atoms with Crippen molar-refractivity contribution < 1.29 is 9.13 Å². The number of aromatic nitrogens is 2. The molecule has 7 heteroatoms. The SMILES string of the molecule is CCCNc1ncc(Br)c(Nc2ccc(F)c(OC)c2)n1. The van der Waals surface area contributed by atoms with Crippen LogP contribution in [0.1, 0.15) is 13.3 Å². The van der Waals surface area contributed by atoms with Gasteiger partial charge in [-0.05, 0) is 34.5 Å².